The smallest absolute Gasteiger partial charge is 0.237 e. The van der Waals surface area contributed by atoms with E-state index in [1.807, 2.05) is 13.8 Å². The Balaban J connectivity index is 2.10. The molecule has 0 saturated carbocycles. The van der Waals surface area contributed by atoms with Gasteiger partial charge in [-0.05, 0) is 34.0 Å². The summed E-state index contributed by atoms with van der Waals surface area (Å²) in [6.07, 6.45) is 3.21. The van der Waals surface area contributed by atoms with Crippen LogP contribution in [0, 0.1) is 5.92 Å². The van der Waals surface area contributed by atoms with Gasteiger partial charge in [0.25, 0.3) is 0 Å². The zero-order chi connectivity index (χ0) is 18.8. The first-order valence-electron chi connectivity index (χ1n) is 8.08. The first-order valence-corrected chi connectivity index (χ1v) is 8.88. The van der Waals surface area contributed by atoms with E-state index in [1.165, 1.54) is 0 Å². The Bertz CT molecular complexity index is 915. The van der Waals surface area contributed by atoms with Crippen LogP contribution in [-0.4, -0.2) is 54.5 Å². The molecular weight excluding hydrogens is 402 g/mol. The van der Waals surface area contributed by atoms with Gasteiger partial charge in [-0.3, -0.25) is 4.90 Å². The van der Waals surface area contributed by atoms with Gasteiger partial charge < -0.3 is 15.5 Å². The molecule has 1 unspecified atom stereocenters. The van der Waals surface area contributed by atoms with Crippen molar-refractivity contribution in [1.82, 2.24) is 24.6 Å². The van der Waals surface area contributed by atoms with Crippen molar-refractivity contribution < 1.29 is 10.2 Å². The van der Waals surface area contributed by atoms with Gasteiger partial charge in [0.15, 0.2) is 17.2 Å². The molecule has 0 aliphatic carbocycles. The third-order valence-corrected chi connectivity index (χ3v) is 4.57. The SMILES string of the molecule is CC(C)C(CO)Nc1nc(N(C)c2ncccc2O)n2ncc(Br)c2n1. The number of anilines is 3. The molecule has 26 heavy (non-hydrogen) atoms. The number of hydrogen-bond acceptors (Lipinski definition) is 8. The van der Waals surface area contributed by atoms with Crippen LogP contribution < -0.4 is 10.2 Å². The number of pyridine rings is 1. The highest BCUT2D eigenvalue weighted by Crippen LogP contribution is 2.30. The van der Waals surface area contributed by atoms with E-state index in [9.17, 15) is 10.2 Å². The molecule has 3 aromatic heterocycles. The minimum Gasteiger partial charge on any atom is -0.504 e. The lowest BCUT2D eigenvalue weighted by molar-refractivity contribution is 0.248. The van der Waals surface area contributed by atoms with E-state index in [-0.39, 0.29) is 24.3 Å². The molecule has 3 heterocycles. The van der Waals surface area contributed by atoms with E-state index in [2.05, 4.69) is 41.3 Å². The fourth-order valence-electron chi connectivity index (χ4n) is 2.45. The van der Waals surface area contributed by atoms with E-state index >= 15 is 0 Å². The Labute approximate surface area is 158 Å². The number of hydrogen-bond donors (Lipinski definition) is 3. The molecule has 9 nitrogen and oxygen atoms in total. The summed E-state index contributed by atoms with van der Waals surface area (Å²) in [5.41, 5.74) is 0.556. The number of nitrogens with zero attached hydrogens (tertiary/aromatic N) is 6. The van der Waals surface area contributed by atoms with Gasteiger partial charge in [-0.2, -0.15) is 19.6 Å². The highest BCUT2D eigenvalue weighted by atomic mass is 79.9. The normalized spacial score (nSPS) is 12.5. The van der Waals surface area contributed by atoms with Gasteiger partial charge in [-0.15, -0.1) is 0 Å². The van der Waals surface area contributed by atoms with Crippen molar-refractivity contribution in [2.45, 2.75) is 19.9 Å². The number of aromatic hydroxyl groups is 1. The fraction of sp³-hybridized carbons (Fsp3) is 0.375. The lowest BCUT2D eigenvalue weighted by Crippen LogP contribution is -2.31. The third kappa shape index (κ3) is 3.42. The Morgan fingerprint density at radius 1 is 1.35 bits per heavy atom. The number of nitrogens with one attached hydrogen (secondary N) is 1. The van der Waals surface area contributed by atoms with E-state index in [0.29, 0.717) is 27.8 Å². The van der Waals surface area contributed by atoms with E-state index in [4.69, 9.17) is 0 Å². The van der Waals surface area contributed by atoms with E-state index in [1.54, 1.807) is 41.0 Å². The molecule has 3 aromatic rings. The van der Waals surface area contributed by atoms with E-state index < -0.39 is 0 Å². The molecule has 0 spiro atoms. The van der Waals surface area contributed by atoms with Crippen molar-refractivity contribution >= 4 is 39.3 Å². The minimum absolute atomic E-state index is 0.0258. The van der Waals surface area contributed by atoms with Crippen molar-refractivity contribution in [3.8, 4) is 5.75 Å². The van der Waals surface area contributed by atoms with Crippen LogP contribution in [0.1, 0.15) is 13.8 Å². The van der Waals surface area contributed by atoms with Crippen molar-refractivity contribution in [1.29, 1.82) is 0 Å². The van der Waals surface area contributed by atoms with Crippen LogP contribution >= 0.6 is 15.9 Å². The van der Waals surface area contributed by atoms with Crippen LogP contribution in [0.15, 0.2) is 29.0 Å². The number of aliphatic hydroxyl groups is 1. The highest BCUT2D eigenvalue weighted by molar-refractivity contribution is 9.10. The summed E-state index contributed by atoms with van der Waals surface area (Å²) < 4.78 is 2.25. The van der Waals surface area contributed by atoms with Crippen LogP contribution in [-0.2, 0) is 0 Å². The quantitative estimate of drug-likeness (QED) is 0.555. The molecule has 0 aliphatic rings. The maximum absolute atomic E-state index is 10.1. The molecule has 0 saturated heterocycles. The van der Waals surface area contributed by atoms with Gasteiger partial charge in [0, 0.05) is 13.2 Å². The first-order chi connectivity index (χ1) is 12.4. The largest absolute Gasteiger partial charge is 0.504 e. The maximum Gasteiger partial charge on any atom is 0.237 e. The number of fused-ring (bicyclic) bond motifs is 1. The van der Waals surface area contributed by atoms with Crippen molar-refractivity contribution in [3.05, 3.63) is 29.0 Å². The number of aliphatic hydroxyl groups excluding tert-OH is 1. The fourth-order valence-corrected chi connectivity index (χ4v) is 2.80. The Kier molecular flexibility index (Phi) is 5.23. The summed E-state index contributed by atoms with van der Waals surface area (Å²) in [6.45, 7) is 3.96. The molecule has 1 atom stereocenters. The summed E-state index contributed by atoms with van der Waals surface area (Å²) in [6, 6.07) is 3.00. The summed E-state index contributed by atoms with van der Waals surface area (Å²) in [5.74, 6) is 1.32. The van der Waals surface area contributed by atoms with Gasteiger partial charge >= 0.3 is 0 Å². The summed E-state index contributed by atoms with van der Waals surface area (Å²) >= 11 is 3.43. The minimum atomic E-state index is -0.194. The summed E-state index contributed by atoms with van der Waals surface area (Å²) in [4.78, 5) is 14.8. The van der Waals surface area contributed by atoms with Gasteiger partial charge in [0.1, 0.15) is 0 Å². The molecule has 0 fully saturated rings. The van der Waals surface area contributed by atoms with Gasteiger partial charge in [-0.25, -0.2) is 4.98 Å². The van der Waals surface area contributed by atoms with Gasteiger partial charge in [0.2, 0.25) is 11.9 Å². The lowest BCUT2D eigenvalue weighted by Gasteiger charge is -2.22. The predicted octanol–water partition coefficient (Wildman–Crippen LogP) is 2.18. The molecule has 0 bridgehead atoms. The monoisotopic (exact) mass is 421 g/mol. The third-order valence-electron chi connectivity index (χ3n) is 4.01. The number of aromatic nitrogens is 5. The maximum atomic E-state index is 10.1. The van der Waals surface area contributed by atoms with Crippen molar-refractivity contribution in [2.24, 2.45) is 5.92 Å². The second-order valence-electron chi connectivity index (χ2n) is 6.16. The van der Waals surface area contributed by atoms with Crippen LogP contribution in [0.4, 0.5) is 17.7 Å². The zero-order valence-electron chi connectivity index (χ0n) is 14.6. The molecule has 0 aromatic carbocycles. The Morgan fingerprint density at radius 2 is 2.12 bits per heavy atom. The number of halogens is 1. The Morgan fingerprint density at radius 3 is 2.77 bits per heavy atom. The average Bonchev–Trinajstić information content (AvgIpc) is 2.99. The van der Waals surface area contributed by atoms with E-state index in [0.717, 1.165) is 0 Å². The topological polar surface area (TPSA) is 112 Å². The molecule has 0 aliphatic heterocycles. The molecule has 10 heteroatoms. The van der Waals surface area contributed by atoms with Crippen LogP contribution in [0.5, 0.6) is 5.75 Å². The van der Waals surface area contributed by atoms with Crippen LogP contribution in [0.25, 0.3) is 5.65 Å². The molecular formula is C16H20BrN7O2. The lowest BCUT2D eigenvalue weighted by atomic mass is 10.1. The van der Waals surface area contributed by atoms with Gasteiger partial charge in [0.05, 0.1) is 23.3 Å². The van der Waals surface area contributed by atoms with Gasteiger partial charge in [-0.1, -0.05) is 13.8 Å². The van der Waals surface area contributed by atoms with Crippen LogP contribution in [0.2, 0.25) is 0 Å². The molecule has 3 N–H and O–H groups in total. The second kappa shape index (κ2) is 7.42. The average molecular weight is 422 g/mol. The summed E-state index contributed by atoms with van der Waals surface area (Å²) in [5, 5.41) is 27.1. The highest BCUT2D eigenvalue weighted by Gasteiger charge is 2.21. The standard InChI is InChI=1S/C16H20BrN7O2/c1-9(2)11(8-25)20-15-21-13-10(17)7-19-24(13)16(22-15)23(3)14-12(26)5-4-6-18-14/h4-7,9,11,25-26H,8H2,1-3H3,(H,20,21). The zero-order valence-corrected chi connectivity index (χ0v) is 16.2. The predicted molar refractivity (Wildman–Crippen MR) is 102 cm³/mol. The van der Waals surface area contributed by atoms with Crippen molar-refractivity contribution in [3.63, 3.8) is 0 Å². The molecule has 0 amide bonds. The van der Waals surface area contributed by atoms with Crippen LogP contribution in [0.3, 0.4) is 0 Å². The molecule has 0 radical (unpaired) electrons. The van der Waals surface area contributed by atoms with Crippen molar-refractivity contribution in [2.75, 3.05) is 23.9 Å². The number of rotatable bonds is 6. The Hall–Kier alpha value is -2.46. The first kappa shape index (κ1) is 18.3. The molecule has 138 valence electrons. The second-order valence-corrected chi connectivity index (χ2v) is 7.01. The summed E-state index contributed by atoms with van der Waals surface area (Å²) in [7, 11) is 1.73. The molecule has 3 rings (SSSR count).